The molecule has 5 nitrogen and oxygen atoms in total. The minimum absolute atomic E-state index is 0.00233. The first-order chi connectivity index (χ1) is 13.9. The topological polar surface area (TPSA) is 79.5 Å². The highest BCUT2D eigenvalue weighted by Gasteiger charge is 2.16. The molecule has 0 aliphatic heterocycles. The SMILES string of the molecule is Cc1ccc(C(=O)Nc2ccc(O)c3c(=O)cc(-c4cccc(Cl)c4)oc23)cc1. The second kappa shape index (κ2) is 7.45. The minimum Gasteiger partial charge on any atom is -0.507 e. The van der Waals surface area contributed by atoms with Gasteiger partial charge in [0.1, 0.15) is 16.9 Å². The van der Waals surface area contributed by atoms with Gasteiger partial charge in [-0.05, 0) is 43.3 Å². The molecule has 0 saturated heterocycles. The Morgan fingerprint density at radius 3 is 2.52 bits per heavy atom. The predicted octanol–water partition coefficient (Wildman–Crippen LogP) is 5.38. The molecule has 4 aromatic rings. The Morgan fingerprint density at radius 2 is 1.79 bits per heavy atom. The molecule has 0 saturated carbocycles. The van der Waals surface area contributed by atoms with Crippen LogP contribution in [-0.2, 0) is 0 Å². The molecule has 2 N–H and O–H groups in total. The molecule has 0 aliphatic carbocycles. The third-order valence-corrected chi connectivity index (χ3v) is 4.76. The number of halogens is 1. The average Bonchev–Trinajstić information content (AvgIpc) is 2.70. The lowest BCUT2D eigenvalue weighted by molar-refractivity contribution is 0.102. The second-order valence-corrected chi connectivity index (χ2v) is 7.08. The van der Waals surface area contributed by atoms with Crippen molar-refractivity contribution in [2.24, 2.45) is 0 Å². The summed E-state index contributed by atoms with van der Waals surface area (Å²) in [6.07, 6.45) is 0. The van der Waals surface area contributed by atoms with Gasteiger partial charge in [0.05, 0.1) is 5.69 Å². The van der Waals surface area contributed by atoms with E-state index in [-0.39, 0.29) is 34.1 Å². The van der Waals surface area contributed by atoms with Crippen molar-refractivity contribution in [1.29, 1.82) is 0 Å². The van der Waals surface area contributed by atoms with E-state index in [9.17, 15) is 14.7 Å². The highest BCUT2D eigenvalue weighted by atomic mass is 35.5. The minimum atomic E-state index is -0.426. The van der Waals surface area contributed by atoms with Gasteiger partial charge in [0.25, 0.3) is 5.91 Å². The molecule has 29 heavy (non-hydrogen) atoms. The number of hydrogen-bond donors (Lipinski definition) is 2. The maximum atomic E-state index is 12.7. The number of nitrogens with one attached hydrogen (secondary N) is 1. The molecule has 6 heteroatoms. The van der Waals surface area contributed by atoms with E-state index in [2.05, 4.69) is 5.32 Å². The molecular weight excluding hydrogens is 390 g/mol. The lowest BCUT2D eigenvalue weighted by Crippen LogP contribution is -2.13. The van der Waals surface area contributed by atoms with E-state index in [1.807, 2.05) is 19.1 Å². The van der Waals surface area contributed by atoms with Gasteiger partial charge in [-0.15, -0.1) is 0 Å². The number of aromatic hydroxyl groups is 1. The van der Waals surface area contributed by atoms with Crippen molar-refractivity contribution in [3.63, 3.8) is 0 Å². The predicted molar refractivity (Wildman–Crippen MR) is 114 cm³/mol. The Labute approximate surface area is 171 Å². The van der Waals surface area contributed by atoms with Crippen molar-refractivity contribution in [1.82, 2.24) is 0 Å². The van der Waals surface area contributed by atoms with E-state index in [4.69, 9.17) is 16.0 Å². The van der Waals surface area contributed by atoms with E-state index < -0.39 is 5.43 Å². The summed E-state index contributed by atoms with van der Waals surface area (Å²) in [5, 5.41) is 13.4. The Morgan fingerprint density at radius 1 is 1.03 bits per heavy atom. The Bertz CT molecular complexity index is 1290. The van der Waals surface area contributed by atoms with E-state index in [0.29, 0.717) is 16.1 Å². The molecule has 1 aromatic heterocycles. The molecule has 0 unspecified atom stereocenters. The van der Waals surface area contributed by atoms with Crippen LogP contribution in [0.2, 0.25) is 5.02 Å². The van der Waals surface area contributed by atoms with E-state index in [0.717, 1.165) is 5.56 Å². The first-order valence-corrected chi connectivity index (χ1v) is 9.24. The normalized spacial score (nSPS) is 10.8. The van der Waals surface area contributed by atoms with Crippen molar-refractivity contribution in [3.05, 3.63) is 93.1 Å². The summed E-state index contributed by atoms with van der Waals surface area (Å²) < 4.78 is 5.92. The lowest BCUT2D eigenvalue weighted by Gasteiger charge is -2.11. The van der Waals surface area contributed by atoms with Gasteiger partial charge in [-0.3, -0.25) is 9.59 Å². The standard InChI is InChI=1S/C23H16ClNO4/c1-13-5-7-14(8-6-13)23(28)25-17-9-10-18(26)21-19(27)12-20(29-22(17)21)15-3-2-4-16(24)11-15/h2-12,26H,1H3,(H,25,28). The fourth-order valence-electron chi connectivity index (χ4n) is 3.03. The summed E-state index contributed by atoms with van der Waals surface area (Å²) in [6, 6.07) is 18.1. The molecule has 3 aromatic carbocycles. The summed E-state index contributed by atoms with van der Waals surface area (Å²) in [7, 11) is 0. The van der Waals surface area contributed by atoms with Crippen LogP contribution in [0.1, 0.15) is 15.9 Å². The highest BCUT2D eigenvalue weighted by molar-refractivity contribution is 6.30. The Hall–Kier alpha value is -3.57. The van der Waals surface area contributed by atoms with Gasteiger partial charge >= 0.3 is 0 Å². The molecule has 0 radical (unpaired) electrons. The number of amides is 1. The van der Waals surface area contributed by atoms with Gasteiger partial charge < -0.3 is 14.8 Å². The van der Waals surface area contributed by atoms with Crippen LogP contribution < -0.4 is 10.7 Å². The molecule has 0 atom stereocenters. The summed E-state index contributed by atoms with van der Waals surface area (Å²) in [6.45, 7) is 1.93. The number of hydrogen-bond acceptors (Lipinski definition) is 4. The molecule has 0 fully saturated rings. The summed E-state index contributed by atoms with van der Waals surface area (Å²) in [5.74, 6) is -0.297. The second-order valence-electron chi connectivity index (χ2n) is 6.64. The smallest absolute Gasteiger partial charge is 0.255 e. The number of fused-ring (bicyclic) bond motifs is 1. The van der Waals surface area contributed by atoms with Crippen molar-refractivity contribution >= 4 is 34.2 Å². The molecule has 1 amide bonds. The van der Waals surface area contributed by atoms with Gasteiger partial charge in [-0.1, -0.05) is 41.4 Å². The lowest BCUT2D eigenvalue weighted by atomic mass is 10.1. The molecule has 1 heterocycles. The number of aryl methyl sites for hydroxylation is 1. The van der Waals surface area contributed by atoms with Crippen LogP contribution >= 0.6 is 11.6 Å². The van der Waals surface area contributed by atoms with Gasteiger partial charge in [-0.2, -0.15) is 0 Å². The van der Waals surface area contributed by atoms with E-state index >= 15 is 0 Å². The maximum Gasteiger partial charge on any atom is 0.255 e. The first kappa shape index (κ1) is 18.8. The van der Waals surface area contributed by atoms with Crippen LogP contribution in [0.5, 0.6) is 5.75 Å². The van der Waals surface area contributed by atoms with Crippen LogP contribution in [0.15, 0.2) is 75.9 Å². The monoisotopic (exact) mass is 405 g/mol. The van der Waals surface area contributed by atoms with Crippen LogP contribution in [0, 0.1) is 6.92 Å². The number of anilines is 1. The van der Waals surface area contributed by atoms with Gasteiger partial charge in [0.2, 0.25) is 0 Å². The highest BCUT2D eigenvalue weighted by Crippen LogP contribution is 2.32. The molecule has 0 aliphatic rings. The fourth-order valence-corrected chi connectivity index (χ4v) is 3.22. The first-order valence-electron chi connectivity index (χ1n) is 8.86. The maximum absolute atomic E-state index is 12.7. The zero-order chi connectivity index (χ0) is 20.5. The average molecular weight is 406 g/mol. The third kappa shape index (κ3) is 3.73. The zero-order valence-electron chi connectivity index (χ0n) is 15.4. The summed E-state index contributed by atoms with van der Waals surface area (Å²) in [4.78, 5) is 25.3. The number of rotatable bonds is 3. The van der Waals surface area contributed by atoms with Crippen molar-refractivity contribution in [2.45, 2.75) is 6.92 Å². The molecule has 0 spiro atoms. The Balaban J connectivity index is 1.84. The van der Waals surface area contributed by atoms with Crippen molar-refractivity contribution in [2.75, 3.05) is 5.32 Å². The zero-order valence-corrected chi connectivity index (χ0v) is 16.2. The molecule has 144 valence electrons. The summed E-state index contributed by atoms with van der Waals surface area (Å²) >= 11 is 6.04. The molecular formula is C23H16ClNO4. The third-order valence-electron chi connectivity index (χ3n) is 4.53. The Kier molecular flexibility index (Phi) is 4.82. The van der Waals surface area contributed by atoms with Crippen molar-refractivity contribution < 1.29 is 14.3 Å². The fraction of sp³-hybridized carbons (Fsp3) is 0.0435. The molecule has 4 rings (SSSR count). The van der Waals surface area contributed by atoms with Crippen molar-refractivity contribution in [3.8, 4) is 17.1 Å². The van der Waals surface area contributed by atoms with Gasteiger partial charge in [-0.25, -0.2) is 0 Å². The van der Waals surface area contributed by atoms with E-state index in [1.54, 1.807) is 36.4 Å². The summed E-state index contributed by atoms with van der Waals surface area (Å²) in [5.41, 5.74) is 2.05. The van der Waals surface area contributed by atoms with Crippen LogP contribution in [0.3, 0.4) is 0 Å². The quantitative estimate of drug-likeness (QED) is 0.448. The molecule has 0 bridgehead atoms. The largest absolute Gasteiger partial charge is 0.507 e. The number of carbonyl (C=O) groups excluding carboxylic acids is 1. The number of phenols is 1. The van der Waals surface area contributed by atoms with Gasteiger partial charge in [0.15, 0.2) is 11.0 Å². The van der Waals surface area contributed by atoms with Gasteiger partial charge in [0, 0.05) is 22.2 Å². The van der Waals surface area contributed by atoms with E-state index in [1.165, 1.54) is 18.2 Å². The number of phenolic OH excluding ortho intramolecular Hbond substituents is 1. The van der Waals surface area contributed by atoms with Crippen LogP contribution in [0.25, 0.3) is 22.3 Å². The number of carbonyl (C=O) groups is 1. The van der Waals surface area contributed by atoms with Crippen LogP contribution in [0.4, 0.5) is 5.69 Å². The van der Waals surface area contributed by atoms with Crippen LogP contribution in [-0.4, -0.2) is 11.0 Å². The number of benzene rings is 3.